The van der Waals surface area contributed by atoms with Crippen molar-refractivity contribution >= 4 is 16.5 Å². The Morgan fingerprint density at radius 1 is 1.67 bits per heavy atom. The number of hydrogen-bond acceptors (Lipinski definition) is 4. The normalized spacial score (nSPS) is 13.2. The van der Waals surface area contributed by atoms with Crippen molar-refractivity contribution in [3.63, 3.8) is 0 Å². The molecule has 0 saturated carbocycles. The molecular weight excluding hydrogens is 170 g/mol. The van der Waals surface area contributed by atoms with E-state index < -0.39 is 0 Å². The average Bonchev–Trinajstić information content (AvgIpc) is 2.47. The second kappa shape index (κ2) is 4.42. The van der Waals surface area contributed by atoms with Gasteiger partial charge in [0, 0.05) is 11.4 Å². The molecule has 4 N–H and O–H groups in total. The lowest BCUT2D eigenvalue weighted by molar-refractivity contribution is 0.593. The number of nitrogens with zero attached hydrogens (tertiary/aromatic N) is 1. The molecule has 1 atom stereocenters. The lowest BCUT2D eigenvalue weighted by Crippen LogP contribution is -2.10. The Bertz CT molecular complexity index is 234. The van der Waals surface area contributed by atoms with Crippen molar-refractivity contribution in [1.29, 1.82) is 0 Å². The number of rotatable bonds is 4. The maximum Gasteiger partial charge on any atom is 0.180 e. The first kappa shape index (κ1) is 9.48. The summed E-state index contributed by atoms with van der Waals surface area (Å²) in [5.41, 5.74) is 12.3. The lowest BCUT2D eigenvalue weighted by Gasteiger charge is -2.06. The molecule has 1 heterocycles. The number of nitrogen functional groups attached to an aromatic ring is 1. The molecule has 0 radical (unpaired) electrons. The summed E-state index contributed by atoms with van der Waals surface area (Å²) in [5, 5.41) is 2.55. The second-order valence-electron chi connectivity index (χ2n) is 2.86. The van der Waals surface area contributed by atoms with Crippen molar-refractivity contribution in [1.82, 2.24) is 4.98 Å². The van der Waals surface area contributed by atoms with E-state index in [4.69, 9.17) is 11.5 Å². The van der Waals surface area contributed by atoms with Gasteiger partial charge in [0.2, 0.25) is 0 Å². The van der Waals surface area contributed by atoms with Crippen LogP contribution in [0.3, 0.4) is 0 Å². The second-order valence-corrected chi connectivity index (χ2v) is 3.75. The highest BCUT2D eigenvalue weighted by atomic mass is 32.1. The number of thiazole rings is 1. The minimum absolute atomic E-state index is 0.0681. The summed E-state index contributed by atoms with van der Waals surface area (Å²) >= 11 is 1.45. The van der Waals surface area contributed by atoms with Gasteiger partial charge >= 0.3 is 0 Å². The van der Waals surface area contributed by atoms with Crippen LogP contribution >= 0.6 is 11.3 Å². The zero-order chi connectivity index (χ0) is 8.97. The van der Waals surface area contributed by atoms with Crippen molar-refractivity contribution in [2.24, 2.45) is 5.73 Å². The highest BCUT2D eigenvalue weighted by Gasteiger charge is 2.08. The molecule has 1 aromatic rings. The van der Waals surface area contributed by atoms with Gasteiger partial charge in [0.05, 0.1) is 5.69 Å². The molecule has 0 aliphatic carbocycles. The van der Waals surface area contributed by atoms with Crippen molar-refractivity contribution in [2.45, 2.75) is 32.2 Å². The number of hydrogen-bond donors (Lipinski definition) is 2. The van der Waals surface area contributed by atoms with E-state index in [1.807, 2.05) is 5.38 Å². The zero-order valence-electron chi connectivity index (χ0n) is 7.29. The number of unbranched alkanes of at least 4 members (excludes halogenated alkanes) is 1. The first-order valence-corrected chi connectivity index (χ1v) is 5.08. The molecule has 1 unspecified atom stereocenters. The van der Waals surface area contributed by atoms with E-state index >= 15 is 0 Å². The van der Waals surface area contributed by atoms with Gasteiger partial charge < -0.3 is 11.5 Å². The summed E-state index contributed by atoms with van der Waals surface area (Å²) in [6.45, 7) is 2.15. The minimum Gasteiger partial charge on any atom is -0.375 e. The van der Waals surface area contributed by atoms with Crippen LogP contribution in [0.1, 0.15) is 37.9 Å². The van der Waals surface area contributed by atoms with Crippen molar-refractivity contribution in [2.75, 3.05) is 5.73 Å². The van der Waals surface area contributed by atoms with Gasteiger partial charge in [0.1, 0.15) is 0 Å². The third kappa shape index (κ3) is 2.46. The standard InChI is InChI=1S/C8H15N3S/c1-2-3-4-6(9)7-5-12-8(10)11-7/h5-6H,2-4,9H2,1H3,(H2,10,11). The van der Waals surface area contributed by atoms with E-state index in [-0.39, 0.29) is 6.04 Å². The molecule has 0 spiro atoms. The van der Waals surface area contributed by atoms with E-state index in [1.54, 1.807) is 0 Å². The molecule has 4 heteroatoms. The van der Waals surface area contributed by atoms with E-state index in [2.05, 4.69) is 11.9 Å². The Labute approximate surface area is 76.8 Å². The molecule has 68 valence electrons. The maximum atomic E-state index is 5.88. The fourth-order valence-corrected chi connectivity index (χ4v) is 1.67. The van der Waals surface area contributed by atoms with Gasteiger partial charge in [-0.2, -0.15) is 0 Å². The monoisotopic (exact) mass is 185 g/mol. The topological polar surface area (TPSA) is 64.9 Å². The summed E-state index contributed by atoms with van der Waals surface area (Å²) in [7, 11) is 0. The van der Waals surface area contributed by atoms with Crippen LogP contribution in [0.25, 0.3) is 0 Å². The summed E-state index contributed by atoms with van der Waals surface area (Å²) in [6, 6.07) is 0.0681. The molecule has 0 amide bonds. The molecule has 3 nitrogen and oxygen atoms in total. The smallest absolute Gasteiger partial charge is 0.180 e. The van der Waals surface area contributed by atoms with E-state index in [0.29, 0.717) is 5.13 Å². The Morgan fingerprint density at radius 2 is 2.42 bits per heavy atom. The summed E-state index contributed by atoms with van der Waals surface area (Å²) < 4.78 is 0. The molecule has 1 aromatic heterocycles. The van der Waals surface area contributed by atoms with Crippen LogP contribution in [-0.4, -0.2) is 4.98 Å². The van der Waals surface area contributed by atoms with Gasteiger partial charge in [0.15, 0.2) is 5.13 Å². The van der Waals surface area contributed by atoms with Crippen LogP contribution in [0.15, 0.2) is 5.38 Å². The first-order chi connectivity index (χ1) is 5.74. The van der Waals surface area contributed by atoms with Crippen LogP contribution in [0.5, 0.6) is 0 Å². The van der Waals surface area contributed by atoms with Gasteiger partial charge in [-0.3, -0.25) is 0 Å². The van der Waals surface area contributed by atoms with E-state index in [1.165, 1.54) is 17.8 Å². The molecular formula is C8H15N3S. The van der Waals surface area contributed by atoms with Gasteiger partial charge in [-0.15, -0.1) is 11.3 Å². The fraction of sp³-hybridized carbons (Fsp3) is 0.625. The van der Waals surface area contributed by atoms with Gasteiger partial charge in [-0.05, 0) is 6.42 Å². The Hall–Kier alpha value is -0.610. The minimum atomic E-state index is 0.0681. The average molecular weight is 185 g/mol. The van der Waals surface area contributed by atoms with Crippen molar-refractivity contribution in [3.8, 4) is 0 Å². The Balaban J connectivity index is 2.47. The van der Waals surface area contributed by atoms with Gasteiger partial charge in [-0.1, -0.05) is 19.8 Å². The third-order valence-electron chi connectivity index (χ3n) is 1.79. The van der Waals surface area contributed by atoms with Gasteiger partial charge in [0.25, 0.3) is 0 Å². The number of anilines is 1. The first-order valence-electron chi connectivity index (χ1n) is 4.20. The van der Waals surface area contributed by atoms with Crippen molar-refractivity contribution in [3.05, 3.63) is 11.1 Å². The van der Waals surface area contributed by atoms with Crippen LogP contribution in [-0.2, 0) is 0 Å². The largest absolute Gasteiger partial charge is 0.375 e. The predicted octanol–water partition coefficient (Wildman–Crippen LogP) is 1.92. The molecule has 1 rings (SSSR count). The Morgan fingerprint density at radius 3 is 2.92 bits per heavy atom. The highest BCUT2D eigenvalue weighted by Crippen LogP contribution is 2.20. The fourth-order valence-electron chi connectivity index (χ4n) is 1.04. The van der Waals surface area contributed by atoms with Crippen LogP contribution in [0, 0.1) is 0 Å². The van der Waals surface area contributed by atoms with Crippen LogP contribution < -0.4 is 11.5 Å². The molecule has 0 bridgehead atoms. The molecule has 0 aromatic carbocycles. The summed E-state index contributed by atoms with van der Waals surface area (Å²) in [5.74, 6) is 0. The quantitative estimate of drug-likeness (QED) is 0.753. The number of aromatic nitrogens is 1. The van der Waals surface area contributed by atoms with Crippen LogP contribution in [0.4, 0.5) is 5.13 Å². The molecule has 0 aliphatic rings. The van der Waals surface area contributed by atoms with Crippen molar-refractivity contribution < 1.29 is 0 Å². The maximum absolute atomic E-state index is 5.88. The van der Waals surface area contributed by atoms with E-state index in [0.717, 1.165) is 18.5 Å². The zero-order valence-corrected chi connectivity index (χ0v) is 8.10. The molecule has 12 heavy (non-hydrogen) atoms. The SMILES string of the molecule is CCCCC(N)c1csc(N)n1. The predicted molar refractivity (Wildman–Crippen MR) is 53.0 cm³/mol. The van der Waals surface area contributed by atoms with Gasteiger partial charge in [-0.25, -0.2) is 4.98 Å². The molecule has 0 saturated heterocycles. The Kier molecular flexibility index (Phi) is 3.49. The van der Waals surface area contributed by atoms with Crippen LogP contribution in [0.2, 0.25) is 0 Å². The lowest BCUT2D eigenvalue weighted by atomic mass is 10.1. The third-order valence-corrected chi connectivity index (χ3v) is 2.48. The number of nitrogens with two attached hydrogens (primary N) is 2. The highest BCUT2D eigenvalue weighted by molar-refractivity contribution is 7.13. The molecule has 0 fully saturated rings. The summed E-state index contributed by atoms with van der Waals surface area (Å²) in [4.78, 5) is 4.13. The van der Waals surface area contributed by atoms with E-state index in [9.17, 15) is 0 Å². The molecule has 0 aliphatic heterocycles. The summed E-state index contributed by atoms with van der Waals surface area (Å²) in [6.07, 6.45) is 3.32.